The van der Waals surface area contributed by atoms with Crippen molar-refractivity contribution in [3.8, 4) is 33.6 Å². The van der Waals surface area contributed by atoms with Gasteiger partial charge in [-0.2, -0.15) is 0 Å². The molecule has 2 aromatic heterocycles. The number of fused-ring (bicyclic) bond motifs is 6. The van der Waals surface area contributed by atoms with E-state index in [0.29, 0.717) is 0 Å². The minimum Gasteiger partial charge on any atom is -0.311 e. The van der Waals surface area contributed by atoms with Crippen molar-refractivity contribution in [2.75, 3.05) is 4.90 Å². The molecule has 11 rings (SSSR count). The topological polar surface area (TPSA) is 13.1 Å². The van der Waals surface area contributed by atoms with Crippen molar-refractivity contribution in [2.45, 2.75) is 52.4 Å². The van der Waals surface area contributed by atoms with Crippen LogP contribution >= 0.6 is 0 Å². The number of hydrogen-bond acceptors (Lipinski definition) is 1. The molecule has 316 valence electrons. The average molecular weight is 840 g/mol. The van der Waals surface area contributed by atoms with Gasteiger partial charge in [-0.15, -0.1) is 0 Å². The molecule has 0 N–H and O–H groups in total. The molecule has 0 spiro atoms. The van der Waals surface area contributed by atoms with Crippen LogP contribution < -0.4 is 4.90 Å². The van der Waals surface area contributed by atoms with Crippen molar-refractivity contribution in [1.82, 2.24) is 9.13 Å². The first-order chi connectivity index (χ1) is 31.5. The fourth-order valence-electron chi connectivity index (χ4n) is 9.71. The third-order valence-corrected chi connectivity index (χ3v) is 13.3. The van der Waals surface area contributed by atoms with Gasteiger partial charge in [0.05, 0.1) is 22.1 Å². The van der Waals surface area contributed by atoms with Gasteiger partial charge in [0.1, 0.15) is 0 Å². The normalized spacial score (nSPS) is 12.2. The molecule has 65 heavy (non-hydrogen) atoms. The van der Waals surface area contributed by atoms with E-state index in [9.17, 15) is 0 Å². The molecule has 0 bridgehead atoms. The molecule has 3 nitrogen and oxygen atoms in total. The summed E-state index contributed by atoms with van der Waals surface area (Å²) in [6.45, 7) is 13.6. The van der Waals surface area contributed by atoms with Gasteiger partial charge < -0.3 is 14.0 Å². The van der Waals surface area contributed by atoms with Crippen molar-refractivity contribution in [3.63, 3.8) is 0 Å². The summed E-state index contributed by atoms with van der Waals surface area (Å²) in [6.07, 6.45) is 0. The number of anilines is 3. The highest BCUT2D eigenvalue weighted by Gasteiger charge is 2.20. The van der Waals surface area contributed by atoms with Gasteiger partial charge in [-0.1, -0.05) is 157 Å². The first-order valence-corrected chi connectivity index (χ1v) is 22.8. The third-order valence-electron chi connectivity index (χ3n) is 13.3. The van der Waals surface area contributed by atoms with Gasteiger partial charge in [0.25, 0.3) is 0 Å². The fourth-order valence-corrected chi connectivity index (χ4v) is 9.71. The average Bonchev–Trinajstić information content (AvgIpc) is 3.84. The molecular weight excluding hydrogens is 787 g/mol. The molecule has 0 aliphatic rings. The van der Waals surface area contributed by atoms with E-state index < -0.39 is 0 Å². The summed E-state index contributed by atoms with van der Waals surface area (Å²) in [4.78, 5) is 2.36. The molecule has 2 heterocycles. The Morgan fingerprint density at radius 3 is 1.06 bits per heavy atom. The number of hydrogen-bond donors (Lipinski definition) is 0. The van der Waals surface area contributed by atoms with Crippen molar-refractivity contribution in [3.05, 3.63) is 223 Å². The molecule has 0 aliphatic heterocycles. The van der Waals surface area contributed by atoms with E-state index >= 15 is 0 Å². The zero-order valence-corrected chi connectivity index (χ0v) is 38.0. The maximum absolute atomic E-state index is 2.41. The van der Waals surface area contributed by atoms with E-state index in [-0.39, 0.29) is 10.8 Å². The van der Waals surface area contributed by atoms with Crippen LogP contribution in [0.1, 0.15) is 52.7 Å². The van der Waals surface area contributed by atoms with Crippen LogP contribution in [-0.2, 0) is 10.8 Å². The Hall–Kier alpha value is -7.62. The molecule has 0 aliphatic carbocycles. The highest BCUT2D eigenvalue weighted by atomic mass is 15.1. The number of rotatable bonds is 7. The second-order valence-electron chi connectivity index (χ2n) is 19.5. The molecule has 0 atom stereocenters. The van der Waals surface area contributed by atoms with Crippen LogP contribution in [0, 0.1) is 0 Å². The maximum atomic E-state index is 2.41. The Kier molecular flexibility index (Phi) is 9.62. The summed E-state index contributed by atoms with van der Waals surface area (Å²) in [6, 6.07) is 78.2. The lowest BCUT2D eigenvalue weighted by Crippen LogP contribution is -2.14. The standard InChI is InChI=1S/C62H53N3/c1-61(2,3)46-26-34-50(35-27-46)63(51-36-28-47(29-37-51)62(4,5)6)49-30-20-42(21-31-49)43-22-32-52(33-23-43)65-58-19-13-11-17-54(58)56-41-45(25-39-60(56)65)44-24-38-59-55(40-44)53-16-10-12-18-57(53)64(59)48-14-8-7-9-15-48/h7-41H,1-6H3. The summed E-state index contributed by atoms with van der Waals surface area (Å²) < 4.78 is 4.78. The number of benzene rings is 9. The van der Waals surface area contributed by atoms with Crippen LogP contribution in [-0.4, -0.2) is 9.13 Å². The minimum absolute atomic E-state index is 0.0874. The summed E-state index contributed by atoms with van der Waals surface area (Å²) in [5.74, 6) is 0. The van der Waals surface area contributed by atoms with Gasteiger partial charge in [-0.05, 0) is 141 Å². The highest BCUT2D eigenvalue weighted by Crippen LogP contribution is 2.41. The van der Waals surface area contributed by atoms with E-state index in [1.165, 1.54) is 82.7 Å². The van der Waals surface area contributed by atoms with E-state index in [0.717, 1.165) is 22.7 Å². The summed E-state index contributed by atoms with van der Waals surface area (Å²) in [5, 5.41) is 5.01. The number of nitrogens with zero attached hydrogens (tertiary/aromatic N) is 3. The van der Waals surface area contributed by atoms with Crippen LogP contribution in [0.4, 0.5) is 17.1 Å². The molecular formula is C62H53N3. The molecule has 0 fully saturated rings. The predicted octanol–water partition coefficient (Wildman–Crippen LogP) is 17.3. The zero-order valence-electron chi connectivity index (χ0n) is 38.0. The van der Waals surface area contributed by atoms with E-state index in [1.807, 2.05) is 0 Å². The van der Waals surface area contributed by atoms with Crippen molar-refractivity contribution < 1.29 is 0 Å². The molecule has 0 radical (unpaired) electrons. The van der Waals surface area contributed by atoms with Crippen LogP contribution in [0.5, 0.6) is 0 Å². The molecule has 0 saturated heterocycles. The van der Waals surface area contributed by atoms with E-state index in [1.54, 1.807) is 0 Å². The maximum Gasteiger partial charge on any atom is 0.0541 e. The first-order valence-electron chi connectivity index (χ1n) is 22.8. The molecule has 9 aromatic carbocycles. The summed E-state index contributed by atoms with van der Waals surface area (Å²) >= 11 is 0. The molecule has 0 amide bonds. The number of para-hydroxylation sites is 3. The zero-order chi connectivity index (χ0) is 44.5. The van der Waals surface area contributed by atoms with Crippen molar-refractivity contribution in [2.24, 2.45) is 0 Å². The van der Waals surface area contributed by atoms with Gasteiger partial charge in [-0.3, -0.25) is 0 Å². The Balaban J connectivity index is 0.924. The molecule has 0 saturated carbocycles. The summed E-state index contributed by atoms with van der Waals surface area (Å²) in [7, 11) is 0. The molecule has 11 aromatic rings. The van der Waals surface area contributed by atoms with Gasteiger partial charge in [0.2, 0.25) is 0 Å². The predicted molar refractivity (Wildman–Crippen MR) is 278 cm³/mol. The lowest BCUT2D eigenvalue weighted by Gasteiger charge is -2.28. The second kappa shape index (κ2) is 15.6. The summed E-state index contributed by atoms with van der Waals surface area (Å²) in [5.41, 5.74) is 18.2. The lowest BCUT2D eigenvalue weighted by molar-refractivity contribution is 0.590. The molecule has 3 heteroatoms. The molecule has 0 unspecified atom stereocenters. The van der Waals surface area contributed by atoms with Gasteiger partial charge >= 0.3 is 0 Å². The highest BCUT2D eigenvalue weighted by molar-refractivity contribution is 6.12. The Labute approximate surface area is 382 Å². The number of aromatic nitrogens is 2. The fraction of sp³-hybridized carbons (Fsp3) is 0.129. The third kappa shape index (κ3) is 7.18. The van der Waals surface area contributed by atoms with E-state index in [2.05, 4.69) is 268 Å². The van der Waals surface area contributed by atoms with Gasteiger partial charge in [-0.25, -0.2) is 0 Å². The van der Waals surface area contributed by atoms with Crippen LogP contribution in [0.3, 0.4) is 0 Å². The van der Waals surface area contributed by atoms with Crippen molar-refractivity contribution in [1.29, 1.82) is 0 Å². The van der Waals surface area contributed by atoms with Gasteiger partial charge in [0, 0.05) is 50.0 Å². The van der Waals surface area contributed by atoms with Crippen LogP contribution in [0.2, 0.25) is 0 Å². The Bertz CT molecular complexity index is 3440. The SMILES string of the molecule is CC(C)(C)c1ccc(N(c2ccc(-c3ccc(-n4c5ccccc5c5cc(-c6ccc7c(c6)c6ccccc6n7-c6ccccc6)ccc54)cc3)cc2)c2ccc(C(C)(C)C)cc2)cc1. The lowest BCUT2D eigenvalue weighted by atomic mass is 9.86. The first kappa shape index (κ1) is 40.2. The monoisotopic (exact) mass is 839 g/mol. The van der Waals surface area contributed by atoms with E-state index in [4.69, 9.17) is 0 Å². The Morgan fingerprint density at radius 1 is 0.292 bits per heavy atom. The second-order valence-corrected chi connectivity index (χ2v) is 19.5. The van der Waals surface area contributed by atoms with Crippen molar-refractivity contribution >= 4 is 60.7 Å². The van der Waals surface area contributed by atoms with Gasteiger partial charge in [0.15, 0.2) is 0 Å². The quantitative estimate of drug-likeness (QED) is 0.156. The van der Waals surface area contributed by atoms with Crippen LogP contribution in [0.15, 0.2) is 212 Å². The smallest absolute Gasteiger partial charge is 0.0541 e. The largest absolute Gasteiger partial charge is 0.311 e. The minimum atomic E-state index is 0.0874. The Morgan fingerprint density at radius 2 is 0.631 bits per heavy atom. The van der Waals surface area contributed by atoms with Crippen LogP contribution in [0.25, 0.3) is 77.2 Å².